The van der Waals surface area contributed by atoms with Gasteiger partial charge < -0.3 is 5.32 Å². The third kappa shape index (κ3) is 4.82. The van der Waals surface area contributed by atoms with Gasteiger partial charge in [-0.3, -0.25) is 4.79 Å². The van der Waals surface area contributed by atoms with E-state index in [1.54, 1.807) is 36.4 Å². The quantitative estimate of drug-likeness (QED) is 0.581. The predicted molar refractivity (Wildman–Crippen MR) is 85.3 cm³/mol. The number of carbonyl (C=O) groups excluding carboxylic acids is 1. The summed E-state index contributed by atoms with van der Waals surface area (Å²) >= 11 is 3.82. The van der Waals surface area contributed by atoms with Gasteiger partial charge in [-0.25, -0.2) is 0 Å². The van der Waals surface area contributed by atoms with Crippen molar-refractivity contribution < 1.29 is 13.6 Å². The monoisotopic (exact) mass is 371 g/mol. The highest BCUT2D eigenvalue weighted by atomic mass is 79.9. The van der Waals surface area contributed by atoms with Crippen LogP contribution in [-0.4, -0.2) is 11.7 Å². The van der Waals surface area contributed by atoms with E-state index in [9.17, 15) is 13.6 Å². The Morgan fingerprint density at radius 3 is 2.24 bits per heavy atom. The van der Waals surface area contributed by atoms with Crippen molar-refractivity contribution in [3.8, 4) is 0 Å². The van der Waals surface area contributed by atoms with E-state index in [0.29, 0.717) is 27.9 Å². The van der Waals surface area contributed by atoms with Crippen LogP contribution in [0, 0.1) is 0 Å². The van der Waals surface area contributed by atoms with Gasteiger partial charge in [0.1, 0.15) is 0 Å². The fourth-order valence-electron chi connectivity index (χ4n) is 1.67. The topological polar surface area (TPSA) is 29.1 Å². The highest BCUT2D eigenvalue weighted by Crippen LogP contribution is 2.26. The lowest BCUT2D eigenvalue weighted by atomic mass is 10.1. The second kappa shape index (κ2) is 7.56. The lowest BCUT2D eigenvalue weighted by Crippen LogP contribution is -2.11. The number of alkyl halides is 3. The Balaban J connectivity index is 2.01. The SMILES string of the molecule is O=C(Nc1ccc(SC(F)F)cc1)c1ccc(CBr)cc1. The zero-order valence-electron chi connectivity index (χ0n) is 10.9. The number of rotatable bonds is 5. The van der Waals surface area contributed by atoms with Gasteiger partial charge in [0.25, 0.3) is 11.7 Å². The first-order chi connectivity index (χ1) is 10.1. The van der Waals surface area contributed by atoms with E-state index in [2.05, 4.69) is 21.2 Å². The largest absolute Gasteiger partial charge is 0.322 e. The van der Waals surface area contributed by atoms with Crippen LogP contribution in [-0.2, 0) is 5.33 Å². The summed E-state index contributed by atoms with van der Waals surface area (Å²) in [6.07, 6.45) is 0. The number of anilines is 1. The van der Waals surface area contributed by atoms with Crippen LogP contribution in [0.5, 0.6) is 0 Å². The predicted octanol–water partition coefficient (Wildman–Crippen LogP) is 5.15. The molecule has 0 saturated heterocycles. The molecule has 0 saturated carbocycles. The van der Waals surface area contributed by atoms with Gasteiger partial charge in [0, 0.05) is 21.5 Å². The molecule has 0 unspecified atom stereocenters. The number of hydrogen-bond acceptors (Lipinski definition) is 2. The number of amides is 1. The number of halogens is 3. The molecule has 6 heteroatoms. The Labute approximate surface area is 134 Å². The average Bonchev–Trinajstić information content (AvgIpc) is 2.49. The number of carbonyl (C=O) groups is 1. The molecule has 110 valence electrons. The van der Waals surface area contributed by atoms with E-state index in [4.69, 9.17) is 0 Å². The highest BCUT2D eigenvalue weighted by Gasteiger charge is 2.08. The lowest BCUT2D eigenvalue weighted by molar-refractivity contribution is 0.102. The fraction of sp³-hybridized carbons (Fsp3) is 0.133. The molecule has 1 N–H and O–H groups in total. The van der Waals surface area contributed by atoms with Crippen molar-refractivity contribution in [1.82, 2.24) is 0 Å². The van der Waals surface area contributed by atoms with Gasteiger partial charge in [-0.15, -0.1) is 0 Å². The molecule has 0 bridgehead atoms. The van der Waals surface area contributed by atoms with Gasteiger partial charge >= 0.3 is 0 Å². The first-order valence-corrected chi connectivity index (χ1v) is 8.10. The van der Waals surface area contributed by atoms with E-state index in [0.717, 1.165) is 10.9 Å². The zero-order valence-corrected chi connectivity index (χ0v) is 13.3. The van der Waals surface area contributed by atoms with Crippen LogP contribution in [0.15, 0.2) is 53.4 Å². The number of nitrogens with one attached hydrogen (secondary N) is 1. The molecule has 2 aromatic rings. The Morgan fingerprint density at radius 1 is 1.10 bits per heavy atom. The van der Waals surface area contributed by atoms with Crippen molar-refractivity contribution in [2.75, 3.05) is 5.32 Å². The second-order valence-corrected chi connectivity index (χ2v) is 5.81. The Bertz CT molecular complexity index is 602. The molecular formula is C15H12BrF2NOS. The van der Waals surface area contributed by atoms with Crippen molar-refractivity contribution in [2.45, 2.75) is 16.0 Å². The Hall–Kier alpha value is -1.40. The van der Waals surface area contributed by atoms with Crippen LogP contribution < -0.4 is 5.32 Å². The molecule has 0 spiro atoms. The molecule has 0 fully saturated rings. The summed E-state index contributed by atoms with van der Waals surface area (Å²) in [4.78, 5) is 12.5. The fourth-order valence-corrected chi connectivity index (χ4v) is 2.54. The van der Waals surface area contributed by atoms with Crippen molar-refractivity contribution in [2.24, 2.45) is 0 Å². The maximum atomic E-state index is 12.2. The molecule has 0 aliphatic rings. The summed E-state index contributed by atoms with van der Waals surface area (Å²) in [5.41, 5.74) is 2.20. The van der Waals surface area contributed by atoms with Crippen molar-refractivity contribution >= 4 is 39.3 Å². The van der Waals surface area contributed by atoms with Crippen LogP contribution in [0.25, 0.3) is 0 Å². The third-order valence-electron chi connectivity index (χ3n) is 2.71. The molecule has 0 aliphatic carbocycles. The second-order valence-electron chi connectivity index (χ2n) is 4.19. The first-order valence-electron chi connectivity index (χ1n) is 6.09. The summed E-state index contributed by atoms with van der Waals surface area (Å²) in [6, 6.07) is 13.5. The maximum Gasteiger partial charge on any atom is 0.288 e. The molecule has 2 rings (SSSR count). The molecule has 0 heterocycles. The van der Waals surface area contributed by atoms with E-state index in [1.807, 2.05) is 12.1 Å². The molecule has 21 heavy (non-hydrogen) atoms. The van der Waals surface area contributed by atoms with E-state index < -0.39 is 5.76 Å². The standard InChI is InChI=1S/C15H12BrF2NOS/c16-9-10-1-3-11(4-2-10)14(20)19-12-5-7-13(8-6-12)21-15(17)18/h1-8,15H,9H2,(H,19,20). The summed E-state index contributed by atoms with van der Waals surface area (Å²) in [7, 11) is 0. The smallest absolute Gasteiger partial charge is 0.288 e. The third-order valence-corrected chi connectivity index (χ3v) is 4.08. The molecular weight excluding hydrogens is 360 g/mol. The highest BCUT2D eigenvalue weighted by molar-refractivity contribution is 9.08. The average molecular weight is 372 g/mol. The molecule has 2 aromatic carbocycles. The Kier molecular flexibility index (Phi) is 5.76. The summed E-state index contributed by atoms with van der Waals surface area (Å²) < 4.78 is 24.4. The van der Waals surface area contributed by atoms with Gasteiger partial charge in [0.2, 0.25) is 0 Å². The minimum Gasteiger partial charge on any atom is -0.322 e. The van der Waals surface area contributed by atoms with Crippen LogP contribution >= 0.6 is 27.7 Å². The number of hydrogen-bond donors (Lipinski definition) is 1. The summed E-state index contributed by atoms with van der Waals surface area (Å²) in [5.74, 6) is -2.68. The van der Waals surface area contributed by atoms with Gasteiger partial charge in [-0.1, -0.05) is 39.8 Å². The molecule has 0 aliphatic heterocycles. The first kappa shape index (κ1) is 16.0. The molecule has 1 amide bonds. The molecule has 2 nitrogen and oxygen atoms in total. The number of thioether (sulfide) groups is 1. The normalized spacial score (nSPS) is 10.7. The minimum atomic E-state index is -2.45. The molecule has 0 atom stereocenters. The maximum absolute atomic E-state index is 12.2. The summed E-state index contributed by atoms with van der Waals surface area (Å²) in [6.45, 7) is 0. The van der Waals surface area contributed by atoms with Crippen LogP contribution in [0.2, 0.25) is 0 Å². The van der Waals surface area contributed by atoms with E-state index in [-0.39, 0.29) is 5.91 Å². The van der Waals surface area contributed by atoms with E-state index in [1.165, 1.54) is 0 Å². The zero-order chi connectivity index (χ0) is 15.2. The Morgan fingerprint density at radius 2 is 1.71 bits per heavy atom. The van der Waals surface area contributed by atoms with Crippen molar-refractivity contribution in [1.29, 1.82) is 0 Å². The molecule has 0 aromatic heterocycles. The van der Waals surface area contributed by atoms with Gasteiger partial charge in [0.05, 0.1) is 0 Å². The lowest BCUT2D eigenvalue weighted by Gasteiger charge is -2.07. The molecule has 0 radical (unpaired) electrons. The van der Waals surface area contributed by atoms with Crippen molar-refractivity contribution in [3.05, 3.63) is 59.7 Å². The van der Waals surface area contributed by atoms with Gasteiger partial charge in [-0.05, 0) is 42.0 Å². The van der Waals surface area contributed by atoms with Crippen molar-refractivity contribution in [3.63, 3.8) is 0 Å². The van der Waals surface area contributed by atoms with Gasteiger partial charge in [-0.2, -0.15) is 8.78 Å². The van der Waals surface area contributed by atoms with Gasteiger partial charge in [0.15, 0.2) is 0 Å². The van der Waals surface area contributed by atoms with E-state index >= 15 is 0 Å². The van der Waals surface area contributed by atoms with Crippen LogP contribution in [0.1, 0.15) is 15.9 Å². The minimum absolute atomic E-state index is 0.231. The van der Waals surface area contributed by atoms with Crippen LogP contribution in [0.4, 0.5) is 14.5 Å². The van der Waals surface area contributed by atoms with Crippen LogP contribution in [0.3, 0.4) is 0 Å². The number of benzene rings is 2. The summed E-state index contributed by atoms with van der Waals surface area (Å²) in [5, 5.41) is 3.46.